The number of benzene rings is 1. The van der Waals surface area contributed by atoms with Crippen molar-refractivity contribution >= 4 is 15.5 Å². The van der Waals surface area contributed by atoms with Crippen molar-refractivity contribution in [2.24, 2.45) is 0 Å². The van der Waals surface area contributed by atoms with Gasteiger partial charge in [-0.1, -0.05) is 12.1 Å². The first kappa shape index (κ1) is 11.0. The summed E-state index contributed by atoms with van der Waals surface area (Å²) in [5.41, 5.74) is 6.53. The Labute approximate surface area is 83.3 Å². The van der Waals surface area contributed by atoms with E-state index in [-0.39, 0.29) is 5.75 Å². The molecule has 14 heavy (non-hydrogen) atoms. The molecule has 3 N–H and O–H groups in total. The zero-order chi connectivity index (χ0) is 10.8. The van der Waals surface area contributed by atoms with Gasteiger partial charge in [0.15, 0.2) is 0 Å². The highest BCUT2D eigenvalue weighted by atomic mass is 32.2. The van der Waals surface area contributed by atoms with Gasteiger partial charge in [-0.25, -0.2) is 8.42 Å². The highest BCUT2D eigenvalue weighted by Gasteiger charge is 2.14. The molecule has 0 radical (unpaired) electrons. The molecule has 0 bridgehead atoms. The topological polar surface area (TPSA) is 80.4 Å². The van der Waals surface area contributed by atoms with Gasteiger partial charge in [0.2, 0.25) is 0 Å². The fraction of sp³-hybridized carbons (Fsp3) is 0.333. The quantitative estimate of drug-likeness (QED) is 0.713. The number of nitrogens with two attached hydrogens (primary N) is 1. The van der Waals surface area contributed by atoms with Gasteiger partial charge in [-0.3, -0.25) is 0 Å². The van der Waals surface area contributed by atoms with Gasteiger partial charge in [-0.15, -0.1) is 0 Å². The molecule has 0 heterocycles. The van der Waals surface area contributed by atoms with Gasteiger partial charge in [0.05, 0.1) is 11.9 Å². The predicted octanol–water partition coefficient (Wildman–Crippen LogP) is 0.347. The first-order valence-corrected chi connectivity index (χ1v) is 6.16. The number of nitrogen functional groups attached to an aromatic ring is 1. The molecule has 1 rings (SSSR count). The van der Waals surface area contributed by atoms with E-state index in [9.17, 15) is 13.5 Å². The van der Waals surface area contributed by atoms with Crippen LogP contribution in [0, 0.1) is 0 Å². The van der Waals surface area contributed by atoms with Crippen molar-refractivity contribution in [3.63, 3.8) is 0 Å². The van der Waals surface area contributed by atoms with Crippen LogP contribution in [0.25, 0.3) is 0 Å². The van der Waals surface area contributed by atoms with Crippen LogP contribution in [0.5, 0.6) is 0 Å². The molecule has 1 aromatic carbocycles. The Morgan fingerprint density at radius 3 is 2.64 bits per heavy atom. The Balaban J connectivity index is 2.85. The van der Waals surface area contributed by atoms with Crippen LogP contribution in [-0.4, -0.2) is 25.5 Å². The number of rotatable bonds is 3. The first-order valence-electron chi connectivity index (χ1n) is 4.10. The summed E-state index contributed by atoms with van der Waals surface area (Å²) in [5, 5.41) is 9.55. The van der Waals surface area contributed by atoms with Crippen LogP contribution in [0.4, 0.5) is 5.69 Å². The van der Waals surface area contributed by atoms with Crippen LogP contribution in [0.1, 0.15) is 11.7 Å². The van der Waals surface area contributed by atoms with Crippen LogP contribution in [0.3, 0.4) is 0 Å². The Bertz CT molecular complexity index is 414. The van der Waals surface area contributed by atoms with E-state index in [2.05, 4.69) is 0 Å². The zero-order valence-corrected chi connectivity index (χ0v) is 8.66. The second kappa shape index (κ2) is 3.98. The lowest BCUT2D eigenvalue weighted by molar-refractivity contribution is 0.202. The van der Waals surface area contributed by atoms with Crippen molar-refractivity contribution in [3.8, 4) is 0 Å². The van der Waals surface area contributed by atoms with E-state index in [0.29, 0.717) is 11.3 Å². The van der Waals surface area contributed by atoms with Crippen molar-refractivity contribution in [3.05, 3.63) is 29.8 Å². The molecule has 0 spiro atoms. The minimum absolute atomic E-state index is 0.281. The normalized spacial score (nSPS) is 13.9. The van der Waals surface area contributed by atoms with Crippen molar-refractivity contribution in [2.45, 2.75) is 6.10 Å². The maximum atomic E-state index is 10.9. The lowest BCUT2D eigenvalue weighted by atomic mass is 10.1. The third-order valence-electron chi connectivity index (χ3n) is 1.76. The smallest absolute Gasteiger partial charge is 0.150 e. The third-order valence-corrected chi connectivity index (χ3v) is 2.68. The van der Waals surface area contributed by atoms with E-state index in [1.807, 2.05) is 0 Å². The van der Waals surface area contributed by atoms with Crippen molar-refractivity contribution in [1.82, 2.24) is 0 Å². The summed E-state index contributed by atoms with van der Waals surface area (Å²) in [7, 11) is -3.18. The molecular weight excluding hydrogens is 202 g/mol. The van der Waals surface area contributed by atoms with E-state index in [0.717, 1.165) is 6.26 Å². The SMILES string of the molecule is CS(=O)(=O)C[C@H](O)c1cccc(N)c1. The third kappa shape index (κ3) is 3.35. The lowest BCUT2D eigenvalue weighted by Gasteiger charge is -2.09. The Hall–Kier alpha value is -1.07. The van der Waals surface area contributed by atoms with Gasteiger partial charge in [0, 0.05) is 11.9 Å². The summed E-state index contributed by atoms with van der Waals surface area (Å²) in [4.78, 5) is 0. The van der Waals surface area contributed by atoms with Gasteiger partial charge in [-0.05, 0) is 17.7 Å². The Kier molecular flexibility index (Phi) is 3.13. The summed E-state index contributed by atoms with van der Waals surface area (Å²) in [6.45, 7) is 0. The standard InChI is InChI=1S/C9H13NO3S/c1-14(12,13)6-9(11)7-3-2-4-8(10)5-7/h2-5,9,11H,6,10H2,1H3/t9-/m0/s1. The number of hydrogen-bond acceptors (Lipinski definition) is 4. The van der Waals surface area contributed by atoms with Gasteiger partial charge in [-0.2, -0.15) is 0 Å². The van der Waals surface area contributed by atoms with Crippen molar-refractivity contribution in [2.75, 3.05) is 17.7 Å². The summed E-state index contributed by atoms with van der Waals surface area (Å²) in [6.07, 6.45) is 0.0798. The molecular formula is C9H13NO3S. The molecule has 0 aliphatic heterocycles. The van der Waals surface area contributed by atoms with Crippen molar-refractivity contribution < 1.29 is 13.5 Å². The molecule has 0 unspecified atom stereocenters. The molecule has 1 aromatic rings. The largest absolute Gasteiger partial charge is 0.399 e. The highest BCUT2D eigenvalue weighted by molar-refractivity contribution is 7.90. The number of aliphatic hydroxyl groups is 1. The average Bonchev–Trinajstić information content (AvgIpc) is 2.01. The molecule has 5 heteroatoms. The second-order valence-corrected chi connectivity index (χ2v) is 5.46. The highest BCUT2D eigenvalue weighted by Crippen LogP contribution is 2.16. The summed E-state index contributed by atoms with van der Waals surface area (Å²) >= 11 is 0. The van der Waals surface area contributed by atoms with E-state index in [1.54, 1.807) is 24.3 Å². The minimum Gasteiger partial charge on any atom is -0.399 e. The number of aliphatic hydroxyl groups excluding tert-OH is 1. The second-order valence-electron chi connectivity index (χ2n) is 3.28. The molecule has 0 saturated heterocycles. The zero-order valence-electron chi connectivity index (χ0n) is 7.84. The first-order chi connectivity index (χ1) is 6.38. The lowest BCUT2D eigenvalue weighted by Crippen LogP contribution is -2.12. The summed E-state index contributed by atoms with van der Waals surface area (Å²) in [6, 6.07) is 6.56. The van der Waals surface area contributed by atoms with E-state index >= 15 is 0 Å². The van der Waals surface area contributed by atoms with Gasteiger partial charge >= 0.3 is 0 Å². The van der Waals surface area contributed by atoms with E-state index in [4.69, 9.17) is 5.73 Å². The average molecular weight is 215 g/mol. The minimum atomic E-state index is -3.18. The monoisotopic (exact) mass is 215 g/mol. The van der Waals surface area contributed by atoms with Gasteiger partial charge in [0.1, 0.15) is 9.84 Å². The van der Waals surface area contributed by atoms with Crippen LogP contribution in [0.2, 0.25) is 0 Å². The van der Waals surface area contributed by atoms with Crippen molar-refractivity contribution in [1.29, 1.82) is 0 Å². The van der Waals surface area contributed by atoms with E-state index in [1.165, 1.54) is 0 Å². The van der Waals surface area contributed by atoms with Crippen LogP contribution >= 0.6 is 0 Å². The van der Waals surface area contributed by atoms with Crippen LogP contribution in [-0.2, 0) is 9.84 Å². The molecule has 4 nitrogen and oxygen atoms in total. The van der Waals surface area contributed by atoms with Gasteiger partial charge in [0.25, 0.3) is 0 Å². The molecule has 0 saturated carbocycles. The molecule has 78 valence electrons. The molecule has 0 fully saturated rings. The number of hydrogen-bond donors (Lipinski definition) is 2. The molecule has 0 amide bonds. The predicted molar refractivity (Wildman–Crippen MR) is 55.5 cm³/mol. The maximum Gasteiger partial charge on any atom is 0.150 e. The van der Waals surface area contributed by atoms with Gasteiger partial charge < -0.3 is 10.8 Å². The Morgan fingerprint density at radius 1 is 1.50 bits per heavy atom. The molecule has 1 atom stereocenters. The molecule has 0 aromatic heterocycles. The summed E-state index contributed by atoms with van der Waals surface area (Å²) < 4.78 is 21.8. The molecule has 0 aliphatic rings. The molecule has 0 aliphatic carbocycles. The van der Waals surface area contributed by atoms with Crippen LogP contribution < -0.4 is 5.73 Å². The number of anilines is 1. The van der Waals surface area contributed by atoms with Crippen LogP contribution in [0.15, 0.2) is 24.3 Å². The number of sulfone groups is 1. The Morgan fingerprint density at radius 2 is 2.14 bits per heavy atom. The fourth-order valence-electron chi connectivity index (χ4n) is 1.15. The summed E-state index contributed by atoms with van der Waals surface area (Å²) in [5.74, 6) is -0.281. The van der Waals surface area contributed by atoms with E-state index < -0.39 is 15.9 Å². The fourth-order valence-corrected chi connectivity index (χ4v) is 1.92. The maximum absolute atomic E-state index is 10.9.